The van der Waals surface area contributed by atoms with Crippen molar-refractivity contribution < 1.29 is 9.47 Å². The lowest BCUT2D eigenvalue weighted by Crippen LogP contribution is -2.08. The summed E-state index contributed by atoms with van der Waals surface area (Å²) in [6, 6.07) is 16.5. The van der Waals surface area contributed by atoms with E-state index in [4.69, 9.17) is 14.7 Å². The topological polar surface area (TPSA) is 42.2 Å². The van der Waals surface area contributed by atoms with Gasteiger partial charge < -0.3 is 9.47 Å². The summed E-state index contributed by atoms with van der Waals surface area (Å²) < 4.78 is 13.0. The number of halogens is 1. The first-order valence-corrected chi connectivity index (χ1v) is 10.3. The molecule has 0 spiro atoms. The van der Waals surface area contributed by atoms with E-state index in [1.807, 2.05) is 38.1 Å². The third-order valence-corrected chi connectivity index (χ3v) is 5.11. The molecular formula is C23H28BrNO2. The Morgan fingerprint density at radius 3 is 2.44 bits per heavy atom. The van der Waals surface area contributed by atoms with E-state index < -0.39 is 0 Å². The van der Waals surface area contributed by atoms with Gasteiger partial charge in [0, 0.05) is 6.07 Å². The van der Waals surface area contributed by atoms with E-state index in [-0.39, 0.29) is 5.41 Å². The Labute approximate surface area is 171 Å². The van der Waals surface area contributed by atoms with E-state index in [1.165, 1.54) is 0 Å². The Morgan fingerprint density at radius 2 is 1.78 bits per heavy atom. The minimum absolute atomic E-state index is 0.259. The Hall–Kier alpha value is -1.99. The fourth-order valence-corrected chi connectivity index (χ4v) is 3.24. The summed E-state index contributed by atoms with van der Waals surface area (Å²) in [5.41, 5.74) is 2.03. The zero-order valence-corrected chi connectivity index (χ0v) is 18.0. The van der Waals surface area contributed by atoms with Gasteiger partial charge in [-0.25, -0.2) is 0 Å². The monoisotopic (exact) mass is 429 g/mol. The molecule has 0 atom stereocenters. The Kier molecular flexibility index (Phi) is 8.19. The van der Waals surface area contributed by atoms with Gasteiger partial charge in [0.15, 0.2) is 0 Å². The van der Waals surface area contributed by atoms with Crippen LogP contribution in [0.4, 0.5) is 0 Å². The van der Waals surface area contributed by atoms with Crippen LogP contribution >= 0.6 is 15.9 Å². The summed E-state index contributed by atoms with van der Waals surface area (Å²) in [4.78, 5) is 0. The number of nitrogens with zero attached hydrogens (tertiary/aromatic N) is 1. The van der Waals surface area contributed by atoms with Crippen molar-refractivity contribution in [2.45, 2.75) is 53.1 Å². The number of hydrogen-bond donors (Lipinski definition) is 0. The fraction of sp³-hybridized carbons (Fsp3) is 0.435. The van der Waals surface area contributed by atoms with E-state index in [0.717, 1.165) is 52.8 Å². The van der Waals surface area contributed by atoms with Crippen LogP contribution < -0.4 is 9.47 Å². The van der Waals surface area contributed by atoms with Crippen LogP contribution in [0.5, 0.6) is 11.5 Å². The highest BCUT2D eigenvalue weighted by atomic mass is 79.9. The van der Waals surface area contributed by atoms with Gasteiger partial charge in [-0.15, -0.1) is 0 Å². The molecule has 4 heteroatoms. The van der Waals surface area contributed by atoms with Crippen molar-refractivity contribution in [1.29, 1.82) is 5.26 Å². The van der Waals surface area contributed by atoms with Gasteiger partial charge in [0.05, 0.1) is 22.6 Å². The fourth-order valence-electron chi connectivity index (χ4n) is 2.74. The van der Waals surface area contributed by atoms with Crippen LogP contribution in [0.25, 0.3) is 0 Å². The van der Waals surface area contributed by atoms with Crippen molar-refractivity contribution in [3.63, 3.8) is 0 Å². The molecule has 3 nitrogen and oxygen atoms in total. The average molecular weight is 430 g/mol. The molecule has 0 saturated heterocycles. The zero-order valence-electron chi connectivity index (χ0n) is 16.4. The first kappa shape index (κ1) is 21.3. The summed E-state index contributed by atoms with van der Waals surface area (Å²) >= 11 is 3.61. The highest BCUT2D eigenvalue weighted by molar-refractivity contribution is 9.10. The quantitative estimate of drug-likeness (QED) is 0.395. The molecule has 0 heterocycles. The molecule has 0 bridgehead atoms. The van der Waals surface area contributed by atoms with E-state index in [0.29, 0.717) is 13.2 Å². The molecule has 0 unspecified atom stereocenters. The Bertz CT molecular complexity index is 766. The first-order chi connectivity index (χ1) is 12.9. The van der Waals surface area contributed by atoms with E-state index in [2.05, 4.69) is 47.1 Å². The third kappa shape index (κ3) is 6.92. The summed E-state index contributed by atoms with van der Waals surface area (Å²) in [6.07, 6.45) is 3.70. The van der Waals surface area contributed by atoms with E-state index >= 15 is 0 Å². The minimum Gasteiger partial charge on any atom is -0.493 e. The number of benzene rings is 2. The van der Waals surface area contributed by atoms with Gasteiger partial charge in [0.25, 0.3) is 0 Å². The van der Waals surface area contributed by atoms with Crippen LogP contribution in [0.3, 0.4) is 0 Å². The van der Waals surface area contributed by atoms with Crippen molar-refractivity contribution >= 4 is 15.9 Å². The smallest absolute Gasteiger partial charge is 0.137 e. The van der Waals surface area contributed by atoms with Crippen LogP contribution in [0.1, 0.15) is 51.2 Å². The van der Waals surface area contributed by atoms with E-state index in [9.17, 15) is 0 Å². The first-order valence-electron chi connectivity index (χ1n) is 9.48. The maximum absolute atomic E-state index is 9.09. The largest absolute Gasteiger partial charge is 0.493 e. The molecule has 0 aromatic heterocycles. The summed E-state index contributed by atoms with van der Waals surface area (Å²) in [7, 11) is 0. The predicted molar refractivity (Wildman–Crippen MR) is 113 cm³/mol. The third-order valence-electron chi connectivity index (χ3n) is 4.49. The number of ether oxygens (including phenoxy) is 2. The summed E-state index contributed by atoms with van der Waals surface area (Å²) in [6.45, 7) is 7.25. The molecule has 144 valence electrons. The van der Waals surface area contributed by atoms with Gasteiger partial charge in [-0.2, -0.15) is 5.26 Å². The van der Waals surface area contributed by atoms with Crippen molar-refractivity contribution in [1.82, 2.24) is 0 Å². The van der Waals surface area contributed by atoms with Crippen LogP contribution in [0.15, 0.2) is 46.9 Å². The molecule has 0 N–H and O–H groups in total. The standard InChI is InChI=1S/C23H28BrNO2/c1-4-19-14-20(24)22(27-16-18-10-6-5-7-11-18)15-21(19)26-13-9-8-12-23(2,3)17-25/h5-7,10-11,14-15H,4,8-9,12-13,16H2,1-3H3. The van der Waals surface area contributed by atoms with Crippen LogP contribution in [-0.4, -0.2) is 6.61 Å². The Balaban J connectivity index is 1.95. The lowest BCUT2D eigenvalue weighted by atomic mass is 9.89. The number of rotatable bonds is 10. The van der Waals surface area contributed by atoms with Crippen LogP contribution in [0, 0.1) is 16.7 Å². The van der Waals surface area contributed by atoms with E-state index in [1.54, 1.807) is 0 Å². The maximum Gasteiger partial charge on any atom is 0.137 e. The molecule has 0 amide bonds. The molecule has 0 fully saturated rings. The van der Waals surface area contributed by atoms with Gasteiger partial charge in [-0.3, -0.25) is 0 Å². The lowest BCUT2D eigenvalue weighted by molar-refractivity contribution is 0.282. The minimum atomic E-state index is -0.259. The van der Waals surface area contributed by atoms with Crippen LogP contribution in [-0.2, 0) is 13.0 Å². The molecule has 2 aromatic rings. The predicted octanol–water partition coefficient (Wildman–Crippen LogP) is 6.69. The highest BCUT2D eigenvalue weighted by Crippen LogP contribution is 2.34. The second-order valence-electron chi connectivity index (χ2n) is 7.32. The van der Waals surface area contributed by atoms with Gasteiger partial charge in [0.2, 0.25) is 0 Å². The number of aryl methyl sites for hydroxylation is 1. The Morgan fingerprint density at radius 1 is 1.04 bits per heavy atom. The van der Waals surface area contributed by atoms with Gasteiger partial charge >= 0.3 is 0 Å². The number of hydrogen-bond acceptors (Lipinski definition) is 3. The lowest BCUT2D eigenvalue weighted by Gasteiger charge is -2.16. The normalized spacial score (nSPS) is 11.1. The summed E-state index contributed by atoms with van der Waals surface area (Å²) in [5, 5.41) is 9.09. The van der Waals surface area contributed by atoms with Gasteiger partial charge in [0.1, 0.15) is 18.1 Å². The van der Waals surface area contributed by atoms with Crippen molar-refractivity contribution in [3.05, 3.63) is 58.1 Å². The molecule has 27 heavy (non-hydrogen) atoms. The summed E-state index contributed by atoms with van der Waals surface area (Å²) in [5.74, 6) is 1.67. The van der Waals surface area contributed by atoms with Crippen molar-refractivity contribution in [2.75, 3.05) is 6.61 Å². The van der Waals surface area contributed by atoms with Gasteiger partial charge in [-0.05, 0) is 72.7 Å². The average Bonchev–Trinajstić information content (AvgIpc) is 2.68. The van der Waals surface area contributed by atoms with Crippen molar-refractivity contribution in [3.8, 4) is 17.6 Å². The van der Waals surface area contributed by atoms with Crippen molar-refractivity contribution in [2.24, 2.45) is 5.41 Å². The van der Waals surface area contributed by atoms with Crippen LogP contribution in [0.2, 0.25) is 0 Å². The molecule has 2 rings (SSSR count). The molecule has 0 aliphatic carbocycles. The second-order valence-corrected chi connectivity index (χ2v) is 8.17. The molecule has 0 radical (unpaired) electrons. The molecule has 0 aliphatic rings. The molecule has 2 aromatic carbocycles. The van der Waals surface area contributed by atoms with Gasteiger partial charge in [-0.1, -0.05) is 37.3 Å². The number of nitriles is 1. The molecule has 0 saturated carbocycles. The SMILES string of the molecule is CCc1cc(Br)c(OCc2ccccc2)cc1OCCCCC(C)(C)C#N. The molecular weight excluding hydrogens is 402 g/mol. The molecule has 0 aliphatic heterocycles. The maximum atomic E-state index is 9.09. The number of unbranched alkanes of at least 4 members (excludes halogenated alkanes) is 1. The second kappa shape index (κ2) is 10.4. The highest BCUT2D eigenvalue weighted by Gasteiger charge is 2.15. The zero-order chi connectivity index (χ0) is 19.7.